The Morgan fingerprint density at radius 1 is 1.42 bits per heavy atom. The van der Waals surface area contributed by atoms with Crippen LogP contribution in [0.15, 0.2) is 18.2 Å². The van der Waals surface area contributed by atoms with E-state index in [2.05, 4.69) is 38.1 Å². The summed E-state index contributed by atoms with van der Waals surface area (Å²) < 4.78 is 0. The Labute approximate surface area is 78.9 Å². The van der Waals surface area contributed by atoms with Gasteiger partial charge in [-0.2, -0.15) is 0 Å². The van der Waals surface area contributed by atoms with Gasteiger partial charge in [-0.15, -0.1) is 11.3 Å². The molecule has 0 radical (unpaired) electrons. The fraction of sp³-hybridized carbons (Fsp3) is 0.455. The quantitative estimate of drug-likeness (QED) is 0.607. The molecule has 0 aliphatic heterocycles. The van der Waals surface area contributed by atoms with Crippen molar-refractivity contribution in [2.24, 2.45) is 0 Å². The predicted molar refractivity (Wildman–Crippen MR) is 57.6 cm³/mol. The normalized spacial score (nSPS) is 11.2. The second-order valence-electron chi connectivity index (χ2n) is 2.99. The number of hydrogen-bond donors (Lipinski definition) is 0. The number of unbranched alkanes of at least 4 members (excludes halogenated alkanes) is 2. The molecule has 0 nitrogen and oxygen atoms in total. The van der Waals surface area contributed by atoms with Crippen molar-refractivity contribution in [3.05, 3.63) is 28.0 Å². The highest BCUT2D eigenvalue weighted by Gasteiger charge is 1.89. The van der Waals surface area contributed by atoms with E-state index in [4.69, 9.17) is 0 Å². The Balaban J connectivity index is 2.36. The van der Waals surface area contributed by atoms with Crippen LogP contribution in [0.1, 0.15) is 35.9 Å². The summed E-state index contributed by atoms with van der Waals surface area (Å²) in [6, 6.07) is 4.35. The zero-order valence-corrected chi connectivity index (χ0v) is 8.66. The van der Waals surface area contributed by atoms with E-state index in [1.165, 1.54) is 29.0 Å². The Morgan fingerprint density at radius 3 is 2.83 bits per heavy atom. The summed E-state index contributed by atoms with van der Waals surface area (Å²) in [7, 11) is 0. The van der Waals surface area contributed by atoms with Crippen LogP contribution in [0.25, 0.3) is 6.08 Å². The molecular weight excluding hydrogens is 164 g/mol. The summed E-state index contributed by atoms with van der Waals surface area (Å²) in [6.07, 6.45) is 8.31. The monoisotopic (exact) mass is 180 g/mol. The molecule has 0 aliphatic rings. The molecule has 0 saturated carbocycles. The minimum absolute atomic E-state index is 1.22. The van der Waals surface area contributed by atoms with Crippen molar-refractivity contribution in [3.8, 4) is 0 Å². The van der Waals surface area contributed by atoms with Crippen LogP contribution < -0.4 is 0 Å². The molecule has 0 bridgehead atoms. The van der Waals surface area contributed by atoms with Gasteiger partial charge in [-0.3, -0.25) is 0 Å². The van der Waals surface area contributed by atoms with Crippen LogP contribution >= 0.6 is 11.3 Å². The lowest BCUT2D eigenvalue weighted by molar-refractivity contribution is 0.816. The maximum Gasteiger partial charge on any atom is 0.0269 e. The Hall–Kier alpha value is -0.560. The summed E-state index contributed by atoms with van der Waals surface area (Å²) in [5, 5.41) is 0. The fourth-order valence-electron chi connectivity index (χ4n) is 1.06. The molecule has 1 heterocycles. The van der Waals surface area contributed by atoms with Crippen molar-refractivity contribution < 1.29 is 0 Å². The molecule has 66 valence electrons. The molecule has 0 unspecified atom stereocenters. The van der Waals surface area contributed by atoms with Gasteiger partial charge in [0.15, 0.2) is 0 Å². The van der Waals surface area contributed by atoms with Crippen molar-refractivity contribution in [2.45, 2.75) is 33.1 Å². The highest BCUT2D eigenvalue weighted by Crippen LogP contribution is 2.16. The van der Waals surface area contributed by atoms with Gasteiger partial charge in [0.2, 0.25) is 0 Å². The Morgan fingerprint density at radius 2 is 2.25 bits per heavy atom. The lowest BCUT2D eigenvalue weighted by Crippen LogP contribution is -1.65. The van der Waals surface area contributed by atoms with Gasteiger partial charge in [-0.1, -0.05) is 25.8 Å². The van der Waals surface area contributed by atoms with Gasteiger partial charge in [0.1, 0.15) is 0 Å². The number of hydrogen-bond acceptors (Lipinski definition) is 1. The first-order valence-corrected chi connectivity index (χ1v) is 5.37. The smallest absolute Gasteiger partial charge is 0.0269 e. The summed E-state index contributed by atoms with van der Waals surface area (Å²) in [5.74, 6) is 0. The second-order valence-corrected chi connectivity index (χ2v) is 4.31. The third-order valence-electron chi connectivity index (χ3n) is 1.77. The van der Waals surface area contributed by atoms with Crippen LogP contribution in [0.2, 0.25) is 0 Å². The molecule has 0 saturated heterocycles. The lowest BCUT2D eigenvalue weighted by atomic mass is 10.2. The van der Waals surface area contributed by atoms with Crippen LogP contribution in [0.5, 0.6) is 0 Å². The third-order valence-corrected chi connectivity index (χ3v) is 2.73. The third kappa shape index (κ3) is 3.22. The number of allylic oxidation sites excluding steroid dienone is 1. The first-order valence-electron chi connectivity index (χ1n) is 4.56. The largest absolute Gasteiger partial charge is 0.141 e. The SMILES string of the molecule is CCCC/C=C/c1ccc(C)s1. The Bertz CT molecular complexity index is 245. The van der Waals surface area contributed by atoms with Crippen molar-refractivity contribution >= 4 is 17.4 Å². The summed E-state index contributed by atoms with van der Waals surface area (Å²) >= 11 is 1.86. The summed E-state index contributed by atoms with van der Waals surface area (Å²) in [5.41, 5.74) is 0. The maximum absolute atomic E-state index is 2.27. The lowest BCUT2D eigenvalue weighted by Gasteiger charge is -1.87. The zero-order valence-electron chi connectivity index (χ0n) is 7.84. The van der Waals surface area contributed by atoms with Crippen molar-refractivity contribution in [3.63, 3.8) is 0 Å². The first-order chi connectivity index (χ1) is 5.83. The van der Waals surface area contributed by atoms with Crippen LogP contribution in [0.3, 0.4) is 0 Å². The second kappa shape index (κ2) is 5.15. The van der Waals surface area contributed by atoms with E-state index in [-0.39, 0.29) is 0 Å². The van der Waals surface area contributed by atoms with Gasteiger partial charge in [0.25, 0.3) is 0 Å². The van der Waals surface area contributed by atoms with E-state index in [1.807, 2.05) is 11.3 Å². The van der Waals surface area contributed by atoms with Gasteiger partial charge in [0.05, 0.1) is 0 Å². The van der Waals surface area contributed by atoms with E-state index >= 15 is 0 Å². The molecule has 1 rings (SSSR count). The van der Waals surface area contributed by atoms with Gasteiger partial charge in [-0.25, -0.2) is 0 Å². The molecule has 0 N–H and O–H groups in total. The fourth-order valence-corrected chi connectivity index (χ4v) is 1.87. The van der Waals surface area contributed by atoms with Crippen molar-refractivity contribution in [2.75, 3.05) is 0 Å². The van der Waals surface area contributed by atoms with Gasteiger partial charge < -0.3 is 0 Å². The van der Waals surface area contributed by atoms with E-state index in [9.17, 15) is 0 Å². The molecule has 0 fully saturated rings. The zero-order chi connectivity index (χ0) is 8.81. The average Bonchev–Trinajstić information content (AvgIpc) is 2.45. The Kier molecular flexibility index (Phi) is 4.09. The van der Waals surface area contributed by atoms with Gasteiger partial charge in [0, 0.05) is 9.75 Å². The summed E-state index contributed by atoms with van der Waals surface area (Å²) in [6.45, 7) is 4.37. The number of thiophene rings is 1. The van der Waals surface area contributed by atoms with E-state index in [1.54, 1.807) is 0 Å². The molecule has 1 heteroatoms. The van der Waals surface area contributed by atoms with Gasteiger partial charge in [-0.05, 0) is 31.6 Å². The minimum Gasteiger partial charge on any atom is -0.141 e. The molecule has 1 aromatic rings. The molecule has 0 spiro atoms. The highest BCUT2D eigenvalue weighted by atomic mass is 32.1. The van der Waals surface area contributed by atoms with E-state index in [0.29, 0.717) is 0 Å². The topological polar surface area (TPSA) is 0 Å². The maximum atomic E-state index is 2.27. The van der Waals surface area contributed by atoms with Crippen molar-refractivity contribution in [1.29, 1.82) is 0 Å². The minimum atomic E-state index is 1.22. The number of aryl methyl sites for hydroxylation is 1. The average molecular weight is 180 g/mol. The molecule has 0 aromatic carbocycles. The van der Waals surface area contributed by atoms with E-state index in [0.717, 1.165) is 0 Å². The van der Waals surface area contributed by atoms with Crippen molar-refractivity contribution in [1.82, 2.24) is 0 Å². The molecule has 12 heavy (non-hydrogen) atoms. The van der Waals surface area contributed by atoms with E-state index < -0.39 is 0 Å². The predicted octanol–water partition coefficient (Wildman–Crippen LogP) is 4.26. The molecule has 0 amide bonds. The molecular formula is C11H16S. The van der Waals surface area contributed by atoms with Crippen LogP contribution in [0, 0.1) is 6.92 Å². The van der Waals surface area contributed by atoms with Crippen LogP contribution in [0.4, 0.5) is 0 Å². The van der Waals surface area contributed by atoms with Crippen LogP contribution in [-0.4, -0.2) is 0 Å². The highest BCUT2D eigenvalue weighted by molar-refractivity contribution is 7.12. The number of rotatable bonds is 4. The van der Waals surface area contributed by atoms with Crippen LogP contribution in [-0.2, 0) is 0 Å². The molecule has 1 aromatic heterocycles. The standard InChI is InChI=1S/C11H16S/c1-3-4-5-6-7-11-9-8-10(2)12-11/h6-9H,3-5H2,1-2H3/b7-6+. The molecule has 0 atom stereocenters. The van der Waals surface area contributed by atoms with Gasteiger partial charge >= 0.3 is 0 Å². The molecule has 0 aliphatic carbocycles. The first kappa shape index (κ1) is 9.53. The summed E-state index contributed by atoms with van der Waals surface area (Å²) in [4.78, 5) is 2.77.